The largest absolute Gasteiger partial charge is 0.507 e. The van der Waals surface area contributed by atoms with E-state index in [1.807, 2.05) is 54.6 Å². The molecular formula is C17H14Br2N2O2S. The van der Waals surface area contributed by atoms with Gasteiger partial charge in [0.15, 0.2) is 0 Å². The third-order valence-corrected chi connectivity index (χ3v) is 4.29. The highest BCUT2D eigenvalue weighted by Gasteiger charge is 2.07. The number of hydrogen-bond donors (Lipinski definition) is 1. The third kappa shape index (κ3) is 5.22. The predicted octanol–water partition coefficient (Wildman–Crippen LogP) is 5.65. The Kier molecular flexibility index (Phi) is 7.08. The second-order valence-electron chi connectivity index (χ2n) is 4.75. The molecule has 124 valence electrons. The average molecular weight is 470 g/mol. The summed E-state index contributed by atoms with van der Waals surface area (Å²) in [6, 6.07) is 17.3. The van der Waals surface area contributed by atoms with Crippen molar-refractivity contribution in [1.29, 1.82) is 0 Å². The number of hydrogen-bond acceptors (Lipinski definition) is 5. The van der Waals surface area contributed by atoms with Gasteiger partial charge in [0.25, 0.3) is 5.22 Å². The van der Waals surface area contributed by atoms with Gasteiger partial charge in [0, 0.05) is 15.4 Å². The minimum Gasteiger partial charge on any atom is -0.507 e. The van der Waals surface area contributed by atoms with Crippen LogP contribution in [0.1, 0.15) is 17.0 Å². The van der Waals surface area contributed by atoms with Crippen LogP contribution < -0.4 is 0 Å². The Morgan fingerprint density at radius 3 is 2.50 bits per heavy atom. The van der Waals surface area contributed by atoms with Crippen molar-refractivity contribution in [2.75, 3.05) is 0 Å². The van der Waals surface area contributed by atoms with Crippen molar-refractivity contribution >= 4 is 50.4 Å². The molecule has 0 amide bonds. The summed E-state index contributed by atoms with van der Waals surface area (Å²) in [5.74, 6) is 0.709. The molecule has 0 saturated heterocycles. The maximum atomic E-state index is 10.0. The molecule has 0 fully saturated rings. The summed E-state index contributed by atoms with van der Waals surface area (Å²) in [4.78, 5) is 0. The van der Waals surface area contributed by atoms with E-state index in [-0.39, 0.29) is 22.7 Å². The lowest BCUT2D eigenvalue weighted by Gasteiger charge is -1.99. The van der Waals surface area contributed by atoms with Crippen molar-refractivity contribution in [3.05, 3.63) is 81.5 Å². The van der Waals surface area contributed by atoms with Crippen molar-refractivity contribution in [3.8, 4) is 0 Å². The van der Waals surface area contributed by atoms with E-state index in [2.05, 4.69) is 26.1 Å². The monoisotopic (exact) mass is 468 g/mol. The first-order chi connectivity index (χ1) is 11.2. The second kappa shape index (κ2) is 9.05. The van der Waals surface area contributed by atoms with Gasteiger partial charge in [0.05, 0.1) is 6.42 Å². The fourth-order valence-electron chi connectivity index (χ4n) is 1.92. The summed E-state index contributed by atoms with van der Waals surface area (Å²) in [6.45, 7) is 0. The number of halogens is 2. The summed E-state index contributed by atoms with van der Waals surface area (Å²) >= 11 is 4.56. The zero-order valence-electron chi connectivity index (χ0n) is 12.4. The molecule has 2 aromatic carbocycles. The number of nitrogens with zero attached hydrogens (tertiary/aromatic N) is 2. The van der Waals surface area contributed by atoms with Crippen molar-refractivity contribution in [2.24, 2.45) is 0 Å². The summed E-state index contributed by atoms with van der Waals surface area (Å²) in [5, 5.41) is 20.0. The molecule has 0 aliphatic carbocycles. The fourth-order valence-corrected chi connectivity index (χ4v) is 2.77. The van der Waals surface area contributed by atoms with Crippen LogP contribution in [-0.2, 0) is 6.42 Å². The van der Waals surface area contributed by atoms with E-state index in [1.54, 1.807) is 5.41 Å². The van der Waals surface area contributed by atoms with Gasteiger partial charge in [-0.1, -0.05) is 58.4 Å². The molecule has 4 nitrogen and oxygen atoms in total. The number of rotatable bonds is 5. The molecule has 1 N–H and O–H groups in total. The Bertz CT molecular complexity index is 805. The van der Waals surface area contributed by atoms with Gasteiger partial charge in [-0.3, -0.25) is 0 Å². The highest BCUT2D eigenvalue weighted by molar-refractivity contribution is 9.10. The van der Waals surface area contributed by atoms with E-state index >= 15 is 0 Å². The smallest absolute Gasteiger partial charge is 0.281 e. The molecule has 0 unspecified atom stereocenters. The summed E-state index contributed by atoms with van der Waals surface area (Å²) in [6.07, 6.45) is 0.594. The van der Waals surface area contributed by atoms with E-state index in [0.717, 1.165) is 15.6 Å². The van der Waals surface area contributed by atoms with Gasteiger partial charge < -0.3 is 9.52 Å². The van der Waals surface area contributed by atoms with Crippen LogP contribution in [0.15, 0.2) is 74.1 Å². The van der Waals surface area contributed by atoms with Crippen LogP contribution in [0.4, 0.5) is 0 Å². The third-order valence-electron chi connectivity index (χ3n) is 3.06. The highest BCUT2D eigenvalue weighted by Crippen LogP contribution is 2.24. The SMILES string of the molecule is Br.O/C(=C/Sc1nnc(Cc2ccccc2)o1)c1ccc(Br)cc1. The van der Waals surface area contributed by atoms with Gasteiger partial charge in [-0.15, -0.1) is 27.2 Å². The van der Waals surface area contributed by atoms with Crippen LogP contribution >= 0.6 is 44.7 Å². The number of aromatic nitrogens is 2. The lowest BCUT2D eigenvalue weighted by molar-refractivity contribution is 0.421. The zero-order valence-corrected chi connectivity index (χ0v) is 16.5. The van der Waals surface area contributed by atoms with Crippen molar-refractivity contribution in [1.82, 2.24) is 10.2 Å². The van der Waals surface area contributed by atoms with Crippen LogP contribution in [-0.4, -0.2) is 15.3 Å². The summed E-state index contributed by atoms with van der Waals surface area (Å²) in [7, 11) is 0. The van der Waals surface area contributed by atoms with Gasteiger partial charge >= 0.3 is 0 Å². The Morgan fingerprint density at radius 2 is 1.79 bits per heavy atom. The molecule has 0 spiro atoms. The molecule has 3 aromatic rings. The number of aliphatic hydroxyl groups excluding tert-OH is 1. The van der Waals surface area contributed by atoms with Crippen LogP contribution in [0.25, 0.3) is 5.76 Å². The van der Waals surface area contributed by atoms with Gasteiger partial charge in [-0.25, -0.2) is 0 Å². The lowest BCUT2D eigenvalue weighted by Crippen LogP contribution is -1.87. The zero-order chi connectivity index (χ0) is 16.1. The molecule has 0 aliphatic rings. The Hall–Kier alpha value is -1.57. The van der Waals surface area contributed by atoms with Gasteiger partial charge in [-0.05, 0) is 29.5 Å². The van der Waals surface area contributed by atoms with Gasteiger partial charge in [0.1, 0.15) is 5.76 Å². The molecule has 3 rings (SSSR count). The van der Waals surface area contributed by atoms with Gasteiger partial charge in [-0.2, -0.15) is 0 Å². The molecule has 1 heterocycles. The van der Waals surface area contributed by atoms with E-state index < -0.39 is 0 Å². The second-order valence-corrected chi connectivity index (χ2v) is 6.49. The summed E-state index contributed by atoms with van der Waals surface area (Å²) < 4.78 is 6.53. The van der Waals surface area contributed by atoms with Crippen molar-refractivity contribution in [2.45, 2.75) is 11.6 Å². The standard InChI is InChI=1S/C17H13BrN2O2S.BrH/c18-14-8-6-13(7-9-14)15(21)11-23-17-20-19-16(22-17)10-12-4-2-1-3-5-12;/h1-9,11,21H,10H2;1H/b15-11+;. The van der Waals surface area contributed by atoms with E-state index in [1.165, 1.54) is 11.8 Å². The number of aliphatic hydroxyl groups is 1. The molecule has 0 aliphatic heterocycles. The molecule has 24 heavy (non-hydrogen) atoms. The first-order valence-electron chi connectivity index (χ1n) is 6.89. The van der Waals surface area contributed by atoms with Gasteiger partial charge in [0.2, 0.25) is 5.89 Å². The summed E-state index contributed by atoms with van der Waals surface area (Å²) in [5.41, 5.74) is 1.84. The van der Waals surface area contributed by atoms with Crippen molar-refractivity contribution < 1.29 is 9.52 Å². The number of thioether (sulfide) groups is 1. The Labute approximate surface area is 162 Å². The van der Waals surface area contributed by atoms with E-state index in [4.69, 9.17) is 4.42 Å². The maximum Gasteiger partial charge on any atom is 0.281 e. The van der Waals surface area contributed by atoms with Crippen LogP contribution in [0.3, 0.4) is 0 Å². The minimum atomic E-state index is 0. The van der Waals surface area contributed by atoms with Crippen LogP contribution in [0, 0.1) is 0 Å². The van der Waals surface area contributed by atoms with Crippen molar-refractivity contribution in [3.63, 3.8) is 0 Å². The minimum absolute atomic E-state index is 0. The number of benzene rings is 2. The normalized spacial score (nSPS) is 11.1. The Morgan fingerprint density at radius 1 is 1.08 bits per heavy atom. The first kappa shape index (κ1) is 18.8. The molecule has 0 saturated carbocycles. The van der Waals surface area contributed by atoms with Crippen LogP contribution in [0.5, 0.6) is 0 Å². The lowest BCUT2D eigenvalue weighted by atomic mass is 10.2. The molecule has 0 bridgehead atoms. The van der Waals surface area contributed by atoms with E-state index in [0.29, 0.717) is 17.5 Å². The average Bonchev–Trinajstić information content (AvgIpc) is 3.02. The molecule has 0 atom stereocenters. The Balaban J connectivity index is 0.00000208. The van der Waals surface area contributed by atoms with Crippen LogP contribution in [0.2, 0.25) is 0 Å². The molecule has 0 radical (unpaired) electrons. The highest BCUT2D eigenvalue weighted by atomic mass is 79.9. The fraction of sp³-hybridized carbons (Fsp3) is 0.0588. The predicted molar refractivity (Wildman–Crippen MR) is 104 cm³/mol. The maximum absolute atomic E-state index is 10.0. The topological polar surface area (TPSA) is 59.2 Å². The van der Waals surface area contributed by atoms with E-state index in [9.17, 15) is 5.11 Å². The first-order valence-corrected chi connectivity index (χ1v) is 8.56. The quantitative estimate of drug-likeness (QED) is 0.386. The molecule has 7 heteroatoms. The molecular weight excluding hydrogens is 456 g/mol. The molecule has 1 aromatic heterocycles.